The van der Waals surface area contributed by atoms with Crippen molar-refractivity contribution >= 4 is 41.4 Å². The lowest BCUT2D eigenvalue weighted by atomic mass is 9.93. The van der Waals surface area contributed by atoms with Crippen molar-refractivity contribution in [3.63, 3.8) is 0 Å². The first-order chi connectivity index (χ1) is 32.8. The molecule has 0 saturated carbocycles. The molecule has 1 aliphatic heterocycles. The Morgan fingerprint density at radius 3 is 1.87 bits per heavy atom. The monoisotopic (exact) mass is 967 g/mol. The number of nitrogens with one attached hydrogen (secondary N) is 5. The van der Waals surface area contributed by atoms with Gasteiger partial charge in [0.2, 0.25) is 35.4 Å². The molecular weight excluding hydrogens is 889 g/mol. The number of hydrogen-bond acceptors (Lipinski definition) is 12. The largest absolute Gasteiger partial charge is 0.507 e. The molecule has 69 heavy (non-hydrogen) atoms. The minimum absolute atomic E-state index is 0.0700. The Kier molecular flexibility index (Phi) is 24.4. The summed E-state index contributed by atoms with van der Waals surface area (Å²) in [6.07, 6.45) is 13.4. The van der Waals surface area contributed by atoms with Crippen LogP contribution in [0.2, 0.25) is 0 Å². The lowest BCUT2D eigenvalue weighted by Gasteiger charge is -2.30. The number of phenolic OH excluding ortho intramolecular Hbond substituents is 2. The van der Waals surface area contributed by atoms with Crippen LogP contribution in [-0.2, 0) is 40.0 Å². The van der Waals surface area contributed by atoms with Gasteiger partial charge in [0.1, 0.15) is 35.7 Å². The molecule has 0 radical (unpaired) electrons. The van der Waals surface area contributed by atoms with Crippen molar-refractivity contribution in [3.05, 3.63) is 47.5 Å². The van der Waals surface area contributed by atoms with Gasteiger partial charge in [-0.05, 0) is 54.7 Å². The highest BCUT2D eigenvalue weighted by atomic mass is 16.3. The van der Waals surface area contributed by atoms with Crippen LogP contribution in [0.4, 0.5) is 0 Å². The minimum atomic E-state index is -1.71. The second kappa shape index (κ2) is 29.3. The normalized spacial score (nSPS) is 17.3. The van der Waals surface area contributed by atoms with Crippen LogP contribution in [0.15, 0.2) is 36.4 Å². The van der Waals surface area contributed by atoms with Crippen LogP contribution in [0, 0.1) is 5.92 Å². The number of unbranched alkanes of at least 4 members (excludes halogenated alkanes) is 12. The fourth-order valence-corrected chi connectivity index (χ4v) is 8.10. The van der Waals surface area contributed by atoms with Gasteiger partial charge in [0, 0.05) is 38.1 Å². The molecule has 3 rings (SSSR count). The van der Waals surface area contributed by atoms with Crippen molar-refractivity contribution in [2.24, 2.45) is 11.7 Å². The molecule has 0 unspecified atom stereocenters. The van der Waals surface area contributed by atoms with Crippen molar-refractivity contribution in [1.29, 1.82) is 0 Å². The number of aromatic hydroxyl groups is 2. The molecule has 0 spiro atoms. The SMILES string of the molecule is CCCCCCCCCCCCCCCC(=O)N(C)[C@H](CO)C(=O)N[C@H](N)C(=O)NCC(=O)N(C)[C@@H]1C(=O)N[C@@H](C)C(=O)N[C@H](C(=O)N[C@@H](CO)C(C)C)Cc2ccc(O)c(c2)-c2cc1ccc2O. The van der Waals surface area contributed by atoms with Crippen LogP contribution >= 0.6 is 0 Å². The number of aliphatic hydroxyl groups excluding tert-OH is 2. The number of rotatable bonds is 26. The third-order valence-electron chi connectivity index (χ3n) is 12.7. The molecule has 19 heteroatoms. The van der Waals surface area contributed by atoms with Crippen molar-refractivity contribution < 1.29 is 54.0 Å². The maximum absolute atomic E-state index is 14.1. The van der Waals surface area contributed by atoms with E-state index in [4.69, 9.17) is 5.73 Å². The smallest absolute Gasteiger partial charge is 0.257 e. The van der Waals surface area contributed by atoms with Crippen molar-refractivity contribution in [2.75, 3.05) is 33.9 Å². The number of phenols is 2. The average Bonchev–Trinajstić information content (AvgIpc) is 3.31. The number of nitrogens with two attached hydrogens (primary N) is 1. The van der Waals surface area contributed by atoms with Crippen LogP contribution in [0.25, 0.3) is 11.1 Å². The van der Waals surface area contributed by atoms with E-state index in [-0.39, 0.29) is 59.5 Å². The lowest BCUT2D eigenvalue weighted by molar-refractivity contribution is -0.142. The molecule has 0 aromatic heterocycles. The van der Waals surface area contributed by atoms with Gasteiger partial charge in [-0.15, -0.1) is 0 Å². The Balaban J connectivity index is 1.66. The number of hydrogen-bond donors (Lipinski definition) is 10. The summed E-state index contributed by atoms with van der Waals surface area (Å²) in [5.74, 6) is -6.00. The number of fused-ring (bicyclic) bond motifs is 5. The minimum Gasteiger partial charge on any atom is -0.507 e. The molecule has 1 heterocycles. The predicted octanol–water partition coefficient (Wildman–Crippen LogP) is 2.76. The van der Waals surface area contributed by atoms with Gasteiger partial charge < -0.3 is 62.5 Å². The zero-order valence-electron chi connectivity index (χ0n) is 41.4. The van der Waals surface area contributed by atoms with Crippen LogP contribution < -0.4 is 32.3 Å². The summed E-state index contributed by atoms with van der Waals surface area (Å²) in [5, 5.41) is 54.5. The van der Waals surface area contributed by atoms with E-state index in [0.29, 0.717) is 12.0 Å². The molecule has 384 valence electrons. The molecule has 0 fully saturated rings. The molecule has 2 aromatic rings. The van der Waals surface area contributed by atoms with Gasteiger partial charge in [0.25, 0.3) is 5.91 Å². The van der Waals surface area contributed by atoms with Crippen molar-refractivity contribution in [3.8, 4) is 22.6 Å². The third kappa shape index (κ3) is 17.9. The molecule has 0 saturated heterocycles. The summed E-state index contributed by atoms with van der Waals surface area (Å²) in [4.78, 5) is 96.3. The molecule has 0 aliphatic carbocycles. The fraction of sp³-hybridized carbons (Fsp3) is 0.620. The quantitative estimate of drug-likeness (QED) is 0.0481. The molecule has 19 nitrogen and oxygen atoms in total. The fourth-order valence-electron chi connectivity index (χ4n) is 8.10. The standard InChI is InChI=1S/C50H78N8O11/c1-7-8-9-10-11-12-13-14-15-16-17-18-19-20-42(63)57(5)39(30-60)48(67)56-45(51)50(69)52-28-43(64)58(6)44-34-22-24-41(62)36(27-34)35-25-33(21-23-40(35)61)26-37(47(66)55-38(29-59)31(2)3)54-46(65)32(4)53-49(44)68/h21-25,27,31-32,37-39,44-45,59-62H,7-20,26,28-30,51H2,1-6H3,(H,52,69)(H,53,68)(H,54,65)(H,55,66)(H,56,67)/t32-,37-,38-,39+,44-,45-/m0/s1. The molecular formula is C50H78N8O11. The van der Waals surface area contributed by atoms with E-state index in [2.05, 4.69) is 33.5 Å². The first-order valence-electron chi connectivity index (χ1n) is 24.5. The van der Waals surface area contributed by atoms with E-state index in [1.807, 2.05) is 0 Å². The van der Waals surface area contributed by atoms with Gasteiger partial charge in [0.15, 0.2) is 6.17 Å². The van der Waals surface area contributed by atoms with E-state index in [1.54, 1.807) is 19.9 Å². The predicted molar refractivity (Wildman–Crippen MR) is 261 cm³/mol. The Bertz CT molecular complexity index is 2030. The highest BCUT2D eigenvalue weighted by molar-refractivity contribution is 5.97. The number of carbonyl (C=O) groups excluding carboxylic acids is 7. The van der Waals surface area contributed by atoms with Gasteiger partial charge in [0.05, 0.1) is 25.8 Å². The highest BCUT2D eigenvalue weighted by Crippen LogP contribution is 2.38. The maximum Gasteiger partial charge on any atom is 0.257 e. The van der Waals surface area contributed by atoms with E-state index in [9.17, 15) is 54.0 Å². The van der Waals surface area contributed by atoms with E-state index < -0.39 is 85.0 Å². The summed E-state index contributed by atoms with van der Waals surface area (Å²) < 4.78 is 0. The second-order valence-electron chi connectivity index (χ2n) is 18.5. The summed E-state index contributed by atoms with van der Waals surface area (Å²) >= 11 is 0. The number of amides is 7. The van der Waals surface area contributed by atoms with Gasteiger partial charge in [-0.3, -0.25) is 33.6 Å². The van der Waals surface area contributed by atoms with Crippen molar-refractivity contribution in [2.45, 2.75) is 160 Å². The Morgan fingerprint density at radius 2 is 1.30 bits per heavy atom. The van der Waals surface area contributed by atoms with Gasteiger partial charge >= 0.3 is 0 Å². The molecule has 4 bridgehead atoms. The van der Waals surface area contributed by atoms with Gasteiger partial charge in [-0.25, -0.2) is 0 Å². The maximum atomic E-state index is 14.1. The molecule has 2 aromatic carbocycles. The summed E-state index contributed by atoms with van der Waals surface area (Å²) in [6, 6.07) is 2.51. The summed E-state index contributed by atoms with van der Waals surface area (Å²) in [7, 11) is 2.65. The molecule has 6 atom stereocenters. The third-order valence-corrected chi connectivity index (χ3v) is 12.7. The van der Waals surface area contributed by atoms with Crippen LogP contribution in [0.1, 0.15) is 135 Å². The Labute approximate surface area is 406 Å². The number of benzene rings is 2. The first-order valence-corrected chi connectivity index (χ1v) is 24.5. The molecule has 7 amide bonds. The van der Waals surface area contributed by atoms with Crippen molar-refractivity contribution in [1.82, 2.24) is 36.4 Å². The first kappa shape index (κ1) is 57.5. The zero-order chi connectivity index (χ0) is 51.2. The molecule has 1 aliphatic rings. The number of likely N-dealkylation sites (N-methyl/N-ethyl adjacent to an activating group) is 2. The Hall–Kier alpha value is -5.79. The summed E-state index contributed by atoms with van der Waals surface area (Å²) in [5.41, 5.74) is 6.79. The number of carbonyl (C=O) groups is 7. The van der Waals surface area contributed by atoms with E-state index in [0.717, 1.165) is 35.5 Å². The van der Waals surface area contributed by atoms with Crippen LogP contribution in [-0.4, -0.2) is 136 Å². The van der Waals surface area contributed by atoms with Gasteiger partial charge in [-0.2, -0.15) is 0 Å². The number of aliphatic hydroxyl groups is 2. The lowest BCUT2D eigenvalue weighted by Crippen LogP contribution is -2.59. The highest BCUT2D eigenvalue weighted by Gasteiger charge is 2.34. The van der Waals surface area contributed by atoms with Gasteiger partial charge in [-0.1, -0.05) is 110 Å². The molecule has 11 N–H and O–H groups in total. The van der Waals surface area contributed by atoms with E-state index >= 15 is 0 Å². The van der Waals surface area contributed by atoms with E-state index in [1.165, 1.54) is 103 Å². The van der Waals surface area contributed by atoms with Crippen LogP contribution in [0.3, 0.4) is 0 Å². The zero-order valence-corrected chi connectivity index (χ0v) is 41.4. The summed E-state index contributed by atoms with van der Waals surface area (Å²) in [6.45, 7) is 5.38. The Morgan fingerprint density at radius 1 is 0.739 bits per heavy atom. The number of nitrogens with zero attached hydrogens (tertiary/aromatic N) is 2. The average molecular weight is 967 g/mol. The van der Waals surface area contributed by atoms with Crippen LogP contribution in [0.5, 0.6) is 11.5 Å². The second-order valence-corrected chi connectivity index (χ2v) is 18.5. The topological polar surface area (TPSA) is 293 Å².